The second-order valence-electron chi connectivity index (χ2n) is 7.09. The molecule has 3 heterocycles. The minimum Gasteiger partial charge on any atom is -0.404 e. The van der Waals surface area contributed by atoms with E-state index in [9.17, 15) is 18.0 Å². The fourth-order valence-corrected chi connectivity index (χ4v) is 3.26. The Kier molecular flexibility index (Phi) is 6.43. The van der Waals surface area contributed by atoms with Crippen LogP contribution in [-0.2, 0) is 0 Å². The second kappa shape index (κ2) is 9.59. The maximum absolute atomic E-state index is 12.6. The number of pyridine rings is 1. The lowest BCUT2D eigenvalue weighted by Crippen LogP contribution is -2.50. The van der Waals surface area contributed by atoms with Crippen molar-refractivity contribution in [2.24, 2.45) is 0 Å². The van der Waals surface area contributed by atoms with Crippen molar-refractivity contribution in [1.29, 1.82) is 0 Å². The van der Waals surface area contributed by atoms with E-state index in [1.807, 2.05) is 23.1 Å². The van der Waals surface area contributed by atoms with Gasteiger partial charge in [-0.05, 0) is 36.4 Å². The molecule has 1 aromatic carbocycles. The van der Waals surface area contributed by atoms with Crippen molar-refractivity contribution in [3.05, 3.63) is 60.9 Å². The van der Waals surface area contributed by atoms with E-state index in [1.165, 1.54) is 23.1 Å². The van der Waals surface area contributed by atoms with E-state index in [1.54, 1.807) is 18.5 Å². The van der Waals surface area contributed by atoms with E-state index < -0.39 is 18.1 Å². The molecule has 1 aliphatic rings. The van der Waals surface area contributed by atoms with Crippen LogP contribution in [0.25, 0.3) is 0 Å². The third-order valence-corrected chi connectivity index (χ3v) is 4.83. The molecule has 0 radical (unpaired) electrons. The summed E-state index contributed by atoms with van der Waals surface area (Å²) in [6, 6.07) is 12.2. The topological polar surface area (TPSA) is 95.5 Å². The van der Waals surface area contributed by atoms with Crippen LogP contribution in [0.4, 0.5) is 41.0 Å². The molecule has 3 aromatic rings. The van der Waals surface area contributed by atoms with Gasteiger partial charge in [-0.1, -0.05) is 12.1 Å². The van der Waals surface area contributed by atoms with Crippen molar-refractivity contribution in [3.8, 4) is 5.75 Å². The summed E-state index contributed by atoms with van der Waals surface area (Å²) >= 11 is 0. The summed E-state index contributed by atoms with van der Waals surface area (Å²) in [4.78, 5) is 20.1. The zero-order valence-corrected chi connectivity index (χ0v) is 17.3. The third-order valence-electron chi connectivity index (χ3n) is 4.83. The molecule has 0 aliphatic carbocycles. The molecular formula is C21H20F3N7O2. The number of carbonyl (C=O) groups excluding carboxylic acids is 1. The van der Waals surface area contributed by atoms with Crippen molar-refractivity contribution < 1.29 is 22.7 Å². The molecule has 9 nitrogen and oxygen atoms in total. The SMILES string of the molecule is O=C(Nc1ccccc1OC(F)(F)F)N1CCN(c2ccc(Nc3cccnc3)nn2)CC1. The molecule has 2 N–H and O–H groups in total. The molecular weight excluding hydrogens is 439 g/mol. The molecule has 0 unspecified atom stereocenters. The maximum Gasteiger partial charge on any atom is 0.573 e. The number of ether oxygens (including phenoxy) is 1. The minimum absolute atomic E-state index is 0.0511. The molecule has 33 heavy (non-hydrogen) atoms. The number of halogens is 3. The summed E-state index contributed by atoms with van der Waals surface area (Å²) in [5, 5.41) is 14.0. The Morgan fingerprint density at radius 1 is 0.970 bits per heavy atom. The number of benzene rings is 1. The number of para-hydroxylation sites is 2. The highest BCUT2D eigenvalue weighted by Crippen LogP contribution is 2.30. The van der Waals surface area contributed by atoms with Crippen molar-refractivity contribution in [1.82, 2.24) is 20.1 Å². The summed E-state index contributed by atoms with van der Waals surface area (Å²) in [5.74, 6) is 0.771. The molecule has 1 aliphatic heterocycles. The van der Waals surface area contributed by atoms with Gasteiger partial charge in [0.15, 0.2) is 17.4 Å². The molecule has 0 atom stereocenters. The van der Waals surface area contributed by atoms with Crippen molar-refractivity contribution >= 4 is 29.0 Å². The van der Waals surface area contributed by atoms with Crippen LogP contribution in [0.2, 0.25) is 0 Å². The quantitative estimate of drug-likeness (QED) is 0.598. The number of carbonyl (C=O) groups is 1. The highest BCUT2D eigenvalue weighted by Gasteiger charge is 2.32. The number of nitrogens with zero attached hydrogens (tertiary/aromatic N) is 5. The Balaban J connectivity index is 1.31. The van der Waals surface area contributed by atoms with Gasteiger partial charge in [0, 0.05) is 32.4 Å². The predicted octanol–water partition coefficient (Wildman–Crippen LogP) is 3.87. The van der Waals surface area contributed by atoms with Crippen LogP contribution >= 0.6 is 0 Å². The number of hydrogen-bond acceptors (Lipinski definition) is 7. The van der Waals surface area contributed by atoms with Gasteiger partial charge in [0.05, 0.1) is 17.6 Å². The van der Waals surface area contributed by atoms with Gasteiger partial charge in [0.25, 0.3) is 0 Å². The Morgan fingerprint density at radius 2 is 1.76 bits per heavy atom. The number of amides is 2. The molecule has 1 saturated heterocycles. The first-order chi connectivity index (χ1) is 15.9. The summed E-state index contributed by atoms with van der Waals surface area (Å²) in [6.45, 7) is 1.73. The van der Waals surface area contributed by atoms with Crippen LogP contribution in [-0.4, -0.2) is 58.7 Å². The number of urea groups is 1. The normalized spacial score (nSPS) is 14.0. The number of anilines is 4. The van der Waals surface area contributed by atoms with Gasteiger partial charge < -0.3 is 25.2 Å². The van der Waals surface area contributed by atoms with Gasteiger partial charge >= 0.3 is 12.4 Å². The highest BCUT2D eigenvalue weighted by atomic mass is 19.4. The monoisotopic (exact) mass is 459 g/mol. The fourth-order valence-electron chi connectivity index (χ4n) is 3.26. The average Bonchev–Trinajstić information content (AvgIpc) is 2.81. The molecule has 0 saturated carbocycles. The number of rotatable bonds is 5. The fraction of sp³-hybridized carbons (Fsp3) is 0.238. The average molecular weight is 459 g/mol. The van der Waals surface area contributed by atoms with Gasteiger partial charge in [0.2, 0.25) is 0 Å². The van der Waals surface area contributed by atoms with Gasteiger partial charge in [-0.2, -0.15) is 0 Å². The van der Waals surface area contributed by atoms with Crippen LogP contribution in [0.5, 0.6) is 5.75 Å². The molecule has 0 spiro atoms. The molecule has 12 heteroatoms. The first kappa shape index (κ1) is 22.1. The van der Waals surface area contributed by atoms with Crippen LogP contribution in [0.15, 0.2) is 60.9 Å². The largest absolute Gasteiger partial charge is 0.573 e. The third kappa shape index (κ3) is 5.99. The lowest BCUT2D eigenvalue weighted by molar-refractivity contribution is -0.274. The smallest absolute Gasteiger partial charge is 0.404 e. The van der Waals surface area contributed by atoms with Gasteiger partial charge in [-0.3, -0.25) is 4.98 Å². The lowest BCUT2D eigenvalue weighted by Gasteiger charge is -2.35. The first-order valence-corrected chi connectivity index (χ1v) is 10.0. The Hall–Kier alpha value is -4.09. The summed E-state index contributed by atoms with van der Waals surface area (Å²) in [5.41, 5.74) is 0.742. The Bertz CT molecular complexity index is 1070. The van der Waals surface area contributed by atoms with Crippen LogP contribution < -0.4 is 20.3 Å². The van der Waals surface area contributed by atoms with E-state index in [4.69, 9.17) is 0 Å². The van der Waals surface area contributed by atoms with Crippen LogP contribution in [0.3, 0.4) is 0 Å². The van der Waals surface area contributed by atoms with Crippen molar-refractivity contribution in [2.45, 2.75) is 6.36 Å². The van der Waals surface area contributed by atoms with E-state index in [0.29, 0.717) is 37.8 Å². The molecule has 172 valence electrons. The van der Waals surface area contributed by atoms with Crippen LogP contribution in [0, 0.1) is 0 Å². The zero-order valence-electron chi connectivity index (χ0n) is 17.3. The number of piperazine rings is 1. The van der Waals surface area contributed by atoms with Gasteiger partial charge in [-0.15, -0.1) is 23.4 Å². The molecule has 2 amide bonds. The molecule has 0 bridgehead atoms. The number of aromatic nitrogens is 3. The number of alkyl halides is 3. The summed E-state index contributed by atoms with van der Waals surface area (Å²) in [7, 11) is 0. The van der Waals surface area contributed by atoms with E-state index in [0.717, 1.165) is 11.8 Å². The van der Waals surface area contributed by atoms with Crippen LogP contribution in [0.1, 0.15) is 0 Å². The number of nitrogens with one attached hydrogen (secondary N) is 2. The Labute approximate surface area is 187 Å². The first-order valence-electron chi connectivity index (χ1n) is 10.0. The maximum atomic E-state index is 12.6. The molecule has 4 rings (SSSR count). The minimum atomic E-state index is -4.85. The summed E-state index contributed by atoms with van der Waals surface area (Å²) < 4.78 is 41.7. The summed E-state index contributed by atoms with van der Waals surface area (Å²) in [6.07, 6.45) is -1.50. The second-order valence-corrected chi connectivity index (χ2v) is 7.09. The van der Waals surface area contributed by atoms with Crippen molar-refractivity contribution in [3.63, 3.8) is 0 Å². The Morgan fingerprint density at radius 3 is 2.42 bits per heavy atom. The van der Waals surface area contributed by atoms with E-state index in [-0.39, 0.29) is 5.69 Å². The predicted molar refractivity (Wildman–Crippen MR) is 115 cm³/mol. The van der Waals surface area contributed by atoms with E-state index in [2.05, 4.69) is 30.6 Å². The highest BCUT2D eigenvalue weighted by molar-refractivity contribution is 5.91. The van der Waals surface area contributed by atoms with Gasteiger partial charge in [0.1, 0.15) is 0 Å². The van der Waals surface area contributed by atoms with E-state index >= 15 is 0 Å². The number of hydrogen-bond donors (Lipinski definition) is 2. The standard InChI is InChI=1S/C21H20F3N7O2/c22-21(23,24)33-17-6-2-1-5-16(17)27-20(32)31-12-10-30(11-13-31)19-8-7-18(28-29-19)26-15-4-3-9-25-14-15/h1-9,14H,10-13H2,(H,26,28)(H,27,32). The molecule has 1 fully saturated rings. The van der Waals surface area contributed by atoms with Gasteiger partial charge in [-0.25, -0.2) is 4.79 Å². The van der Waals surface area contributed by atoms with Crippen molar-refractivity contribution in [2.75, 3.05) is 41.7 Å². The lowest BCUT2D eigenvalue weighted by atomic mass is 10.3. The zero-order chi connectivity index (χ0) is 23.3. The molecule has 2 aromatic heterocycles.